The van der Waals surface area contributed by atoms with Gasteiger partial charge in [0, 0.05) is 6.42 Å². The van der Waals surface area contributed by atoms with Crippen molar-refractivity contribution in [2.24, 2.45) is 0 Å². The molecule has 1 aromatic carbocycles. The number of rotatable bonds is 3. The van der Waals surface area contributed by atoms with Gasteiger partial charge in [0.1, 0.15) is 5.82 Å². The molecule has 0 aliphatic carbocycles. The molecule has 0 radical (unpaired) electrons. The first-order valence-electron chi connectivity index (χ1n) is 6.37. The lowest BCUT2D eigenvalue weighted by Gasteiger charge is -2.05. The molecule has 0 saturated carbocycles. The quantitative estimate of drug-likeness (QED) is 0.882. The Balaban J connectivity index is 1.90. The molecule has 2 N–H and O–H groups in total. The number of aromatic amines is 1. The number of fused-ring (bicyclic) bond motifs is 1. The molecule has 1 aliphatic heterocycles. The van der Waals surface area contributed by atoms with E-state index in [1.165, 1.54) is 0 Å². The van der Waals surface area contributed by atoms with E-state index < -0.39 is 0 Å². The standard InChI is InChI=1S/C14H14N2O4/c1-2-9-13(17)15-12(16-14(9)18)6-8-3-4-10-11(5-8)20-7-19-10/h3-5H,2,6-7H2,1H3,(H2,15,16,17,18). The Labute approximate surface area is 115 Å². The van der Waals surface area contributed by atoms with Crippen LogP contribution in [0.4, 0.5) is 0 Å². The van der Waals surface area contributed by atoms with Crippen molar-refractivity contribution in [3.05, 3.63) is 45.5 Å². The summed E-state index contributed by atoms with van der Waals surface area (Å²) in [6.45, 7) is 2.02. The minimum atomic E-state index is -0.296. The molecule has 0 amide bonds. The van der Waals surface area contributed by atoms with Gasteiger partial charge >= 0.3 is 0 Å². The highest BCUT2D eigenvalue weighted by atomic mass is 16.7. The van der Waals surface area contributed by atoms with E-state index in [-0.39, 0.29) is 18.2 Å². The van der Waals surface area contributed by atoms with Gasteiger partial charge in [-0.3, -0.25) is 4.79 Å². The van der Waals surface area contributed by atoms with E-state index in [9.17, 15) is 9.90 Å². The lowest BCUT2D eigenvalue weighted by Crippen LogP contribution is -2.16. The third kappa shape index (κ3) is 2.20. The van der Waals surface area contributed by atoms with E-state index in [0.29, 0.717) is 35.7 Å². The van der Waals surface area contributed by atoms with Crippen molar-refractivity contribution in [2.45, 2.75) is 19.8 Å². The smallest absolute Gasteiger partial charge is 0.257 e. The fourth-order valence-electron chi connectivity index (χ4n) is 2.18. The van der Waals surface area contributed by atoms with Crippen molar-refractivity contribution in [2.75, 3.05) is 6.79 Å². The van der Waals surface area contributed by atoms with Gasteiger partial charge in [0.05, 0.1) is 5.56 Å². The third-order valence-corrected chi connectivity index (χ3v) is 3.20. The molecule has 0 saturated heterocycles. The highest BCUT2D eigenvalue weighted by Crippen LogP contribution is 2.32. The summed E-state index contributed by atoms with van der Waals surface area (Å²) in [5.41, 5.74) is 0.927. The molecular formula is C14H14N2O4. The van der Waals surface area contributed by atoms with Gasteiger partial charge in [0.15, 0.2) is 11.5 Å². The first-order chi connectivity index (χ1) is 9.67. The van der Waals surface area contributed by atoms with Gasteiger partial charge in [-0.05, 0) is 24.1 Å². The van der Waals surface area contributed by atoms with E-state index in [1.807, 2.05) is 18.2 Å². The maximum atomic E-state index is 11.8. The number of ether oxygens (including phenoxy) is 2. The number of aromatic hydroxyl groups is 1. The lowest BCUT2D eigenvalue weighted by molar-refractivity contribution is 0.174. The average Bonchev–Trinajstić information content (AvgIpc) is 2.85. The van der Waals surface area contributed by atoms with Crippen LogP contribution in [0.25, 0.3) is 0 Å². The number of hydrogen-bond acceptors (Lipinski definition) is 5. The fraction of sp³-hybridized carbons (Fsp3) is 0.286. The van der Waals surface area contributed by atoms with E-state index >= 15 is 0 Å². The van der Waals surface area contributed by atoms with Gasteiger partial charge in [-0.25, -0.2) is 0 Å². The average molecular weight is 274 g/mol. The van der Waals surface area contributed by atoms with Crippen LogP contribution in [0.1, 0.15) is 23.9 Å². The zero-order chi connectivity index (χ0) is 14.1. The first-order valence-corrected chi connectivity index (χ1v) is 6.37. The SMILES string of the molecule is CCc1c(O)nc(Cc2ccc3c(c2)OCO3)[nH]c1=O. The fourth-order valence-corrected chi connectivity index (χ4v) is 2.18. The van der Waals surface area contributed by atoms with Crippen LogP contribution in [-0.4, -0.2) is 21.9 Å². The first kappa shape index (κ1) is 12.5. The zero-order valence-corrected chi connectivity index (χ0v) is 11.0. The molecule has 1 aliphatic rings. The van der Waals surface area contributed by atoms with Crippen molar-refractivity contribution in [1.82, 2.24) is 9.97 Å². The highest BCUT2D eigenvalue weighted by molar-refractivity contribution is 5.45. The van der Waals surface area contributed by atoms with E-state index in [2.05, 4.69) is 9.97 Å². The summed E-state index contributed by atoms with van der Waals surface area (Å²) < 4.78 is 10.5. The molecule has 2 aromatic rings. The van der Waals surface area contributed by atoms with Gasteiger partial charge in [0.25, 0.3) is 5.56 Å². The topological polar surface area (TPSA) is 84.4 Å². The number of nitrogens with zero attached hydrogens (tertiary/aromatic N) is 1. The molecule has 2 heterocycles. The molecule has 0 spiro atoms. The van der Waals surface area contributed by atoms with Gasteiger partial charge in [-0.1, -0.05) is 13.0 Å². The normalized spacial score (nSPS) is 12.7. The third-order valence-electron chi connectivity index (χ3n) is 3.20. The van der Waals surface area contributed by atoms with Crippen LogP contribution in [0.15, 0.2) is 23.0 Å². The summed E-state index contributed by atoms with van der Waals surface area (Å²) >= 11 is 0. The largest absolute Gasteiger partial charge is 0.493 e. The van der Waals surface area contributed by atoms with Gasteiger partial charge < -0.3 is 19.6 Å². The zero-order valence-electron chi connectivity index (χ0n) is 11.0. The second-order valence-corrected chi connectivity index (χ2v) is 4.53. The van der Waals surface area contributed by atoms with E-state index in [0.717, 1.165) is 5.56 Å². The van der Waals surface area contributed by atoms with Crippen molar-refractivity contribution < 1.29 is 14.6 Å². The van der Waals surface area contributed by atoms with Gasteiger partial charge in [0.2, 0.25) is 12.7 Å². The second-order valence-electron chi connectivity index (χ2n) is 4.53. The van der Waals surface area contributed by atoms with Crippen LogP contribution in [0.3, 0.4) is 0 Å². The van der Waals surface area contributed by atoms with Crippen molar-refractivity contribution >= 4 is 0 Å². The summed E-state index contributed by atoms with van der Waals surface area (Å²) in [6.07, 6.45) is 0.849. The van der Waals surface area contributed by atoms with Crippen LogP contribution in [-0.2, 0) is 12.8 Å². The number of H-pyrrole nitrogens is 1. The molecule has 0 bridgehead atoms. The highest BCUT2D eigenvalue weighted by Gasteiger charge is 2.14. The van der Waals surface area contributed by atoms with Crippen molar-refractivity contribution in [3.63, 3.8) is 0 Å². The molecule has 104 valence electrons. The Morgan fingerprint density at radius 2 is 2.15 bits per heavy atom. The van der Waals surface area contributed by atoms with Crippen LogP contribution in [0.2, 0.25) is 0 Å². The summed E-state index contributed by atoms with van der Waals surface area (Å²) in [5, 5.41) is 9.73. The minimum Gasteiger partial charge on any atom is -0.493 e. The summed E-state index contributed by atoms with van der Waals surface area (Å²) in [7, 11) is 0. The number of aromatic nitrogens is 2. The molecule has 6 nitrogen and oxygen atoms in total. The molecule has 0 atom stereocenters. The van der Waals surface area contributed by atoms with Crippen LogP contribution in [0, 0.1) is 0 Å². The minimum absolute atomic E-state index is 0.202. The number of nitrogens with one attached hydrogen (secondary N) is 1. The summed E-state index contributed by atoms with van der Waals surface area (Å²) in [6, 6.07) is 5.53. The molecule has 6 heteroatoms. The van der Waals surface area contributed by atoms with Crippen LogP contribution in [0.5, 0.6) is 17.4 Å². The van der Waals surface area contributed by atoms with Gasteiger partial charge in [-0.2, -0.15) is 4.98 Å². The molecule has 20 heavy (non-hydrogen) atoms. The molecule has 1 aromatic heterocycles. The maximum Gasteiger partial charge on any atom is 0.257 e. The molecule has 0 fully saturated rings. The number of hydrogen-bond donors (Lipinski definition) is 2. The van der Waals surface area contributed by atoms with Gasteiger partial charge in [-0.15, -0.1) is 0 Å². The predicted molar refractivity (Wildman–Crippen MR) is 71.3 cm³/mol. The second kappa shape index (κ2) is 4.88. The van der Waals surface area contributed by atoms with Crippen molar-refractivity contribution in [1.29, 1.82) is 0 Å². The predicted octanol–water partition coefficient (Wildman–Crippen LogP) is 1.36. The lowest BCUT2D eigenvalue weighted by atomic mass is 10.1. The molecular weight excluding hydrogens is 260 g/mol. The van der Waals surface area contributed by atoms with Crippen molar-refractivity contribution in [3.8, 4) is 17.4 Å². The van der Waals surface area contributed by atoms with E-state index in [4.69, 9.17) is 9.47 Å². The molecule has 3 rings (SSSR count). The Bertz CT molecular complexity index is 709. The number of benzene rings is 1. The van der Waals surface area contributed by atoms with E-state index in [1.54, 1.807) is 6.92 Å². The monoisotopic (exact) mass is 274 g/mol. The molecule has 0 unspecified atom stereocenters. The maximum absolute atomic E-state index is 11.8. The summed E-state index contributed by atoms with van der Waals surface area (Å²) in [5.74, 6) is 1.61. The Kier molecular flexibility index (Phi) is 3.06. The van der Waals surface area contributed by atoms with Crippen LogP contribution < -0.4 is 15.0 Å². The Morgan fingerprint density at radius 3 is 2.90 bits per heavy atom. The Morgan fingerprint density at radius 1 is 1.35 bits per heavy atom. The van der Waals surface area contributed by atoms with Crippen LogP contribution >= 0.6 is 0 Å². The Hall–Kier alpha value is -2.50. The summed E-state index contributed by atoms with van der Waals surface area (Å²) in [4.78, 5) is 18.5.